The van der Waals surface area contributed by atoms with Crippen molar-refractivity contribution in [1.29, 1.82) is 0 Å². The van der Waals surface area contributed by atoms with E-state index in [9.17, 15) is 14.4 Å². The van der Waals surface area contributed by atoms with Crippen LogP contribution >= 0.6 is 0 Å². The number of aryl methyl sites for hydroxylation is 1. The van der Waals surface area contributed by atoms with Gasteiger partial charge in [0.25, 0.3) is 5.91 Å². The monoisotopic (exact) mass is 540 g/mol. The SMILES string of the molecule is COc1ccc([C@H](NC(=O)[C@@H]2CCCN2C(=O)OCc2ccccc2)C(=O)Nc2cccc3c2ccn3C)cc1. The molecule has 2 N–H and O–H groups in total. The minimum Gasteiger partial charge on any atom is -0.497 e. The molecule has 206 valence electrons. The Morgan fingerprint density at radius 2 is 1.75 bits per heavy atom. The fraction of sp³-hybridized carbons (Fsp3) is 0.258. The van der Waals surface area contributed by atoms with Crippen molar-refractivity contribution in [2.45, 2.75) is 31.5 Å². The van der Waals surface area contributed by atoms with Crippen molar-refractivity contribution < 1.29 is 23.9 Å². The Balaban J connectivity index is 1.34. The zero-order valence-corrected chi connectivity index (χ0v) is 22.5. The van der Waals surface area contributed by atoms with E-state index in [0.29, 0.717) is 36.4 Å². The largest absolute Gasteiger partial charge is 0.497 e. The minimum absolute atomic E-state index is 0.117. The molecule has 2 heterocycles. The number of hydrogen-bond acceptors (Lipinski definition) is 5. The summed E-state index contributed by atoms with van der Waals surface area (Å²) in [6, 6.07) is 22.2. The van der Waals surface area contributed by atoms with E-state index in [0.717, 1.165) is 16.5 Å². The van der Waals surface area contributed by atoms with E-state index in [4.69, 9.17) is 9.47 Å². The standard InChI is InChI=1S/C31H32N4O5/c1-34-19-17-24-25(10-6-11-26(24)34)32-30(37)28(22-13-15-23(39-2)16-14-22)33-29(36)27-12-7-18-35(27)31(38)40-20-21-8-4-3-5-9-21/h3-6,8-11,13-17,19,27-28H,7,12,18,20H2,1-2H3,(H,32,37)(H,33,36)/t27-,28-/m0/s1. The van der Waals surface area contributed by atoms with E-state index in [1.165, 1.54) is 4.90 Å². The van der Waals surface area contributed by atoms with E-state index in [1.54, 1.807) is 31.4 Å². The second-order valence-electron chi connectivity index (χ2n) is 9.76. The maximum absolute atomic E-state index is 13.7. The molecule has 1 aromatic heterocycles. The Kier molecular flexibility index (Phi) is 8.00. The van der Waals surface area contributed by atoms with Crippen molar-refractivity contribution in [2.75, 3.05) is 19.0 Å². The molecule has 0 radical (unpaired) electrons. The number of anilines is 1. The lowest BCUT2D eigenvalue weighted by atomic mass is 10.0. The molecule has 0 bridgehead atoms. The Labute approximate surface area is 232 Å². The van der Waals surface area contributed by atoms with E-state index >= 15 is 0 Å². The van der Waals surface area contributed by atoms with Crippen LogP contribution < -0.4 is 15.4 Å². The molecule has 0 spiro atoms. The summed E-state index contributed by atoms with van der Waals surface area (Å²) < 4.78 is 12.7. The molecule has 9 heteroatoms. The molecule has 9 nitrogen and oxygen atoms in total. The quantitative estimate of drug-likeness (QED) is 0.335. The molecule has 3 amide bonds. The van der Waals surface area contributed by atoms with Crippen LogP contribution in [0.1, 0.15) is 30.0 Å². The van der Waals surface area contributed by atoms with E-state index < -0.39 is 30.0 Å². The summed E-state index contributed by atoms with van der Waals surface area (Å²) in [5.74, 6) is -0.180. The summed E-state index contributed by atoms with van der Waals surface area (Å²) in [5.41, 5.74) is 3.06. The number of methoxy groups -OCH3 is 1. The fourth-order valence-electron chi connectivity index (χ4n) is 5.01. The summed E-state index contributed by atoms with van der Waals surface area (Å²) in [6.07, 6.45) is 2.51. The van der Waals surface area contributed by atoms with Gasteiger partial charge in [0.05, 0.1) is 12.8 Å². The van der Waals surface area contributed by atoms with Gasteiger partial charge in [0, 0.05) is 30.7 Å². The second kappa shape index (κ2) is 11.9. The smallest absolute Gasteiger partial charge is 0.410 e. The summed E-state index contributed by atoms with van der Waals surface area (Å²) in [5, 5.41) is 6.78. The predicted molar refractivity (Wildman–Crippen MR) is 152 cm³/mol. The molecule has 1 aliphatic rings. The highest BCUT2D eigenvalue weighted by atomic mass is 16.6. The lowest BCUT2D eigenvalue weighted by Crippen LogP contribution is -2.48. The van der Waals surface area contributed by atoms with Gasteiger partial charge in [0.2, 0.25) is 5.91 Å². The number of fused-ring (bicyclic) bond motifs is 1. The minimum atomic E-state index is -1.000. The van der Waals surface area contributed by atoms with Crippen molar-refractivity contribution in [1.82, 2.24) is 14.8 Å². The highest BCUT2D eigenvalue weighted by Crippen LogP contribution is 2.27. The van der Waals surface area contributed by atoms with E-state index in [-0.39, 0.29) is 6.61 Å². The third kappa shape index (κ3) is 5.78. The lowest BCUT2D eigenvalue weighted by molar-refractivity contribution is -0.129. The number of nitrogens with one attached hydrogen (secondary N) is 2. The van der Waals surface area contributed by atoms with E-state index in [1.807, 2.05) is 72.4 Å². The first-order valence-electron chi connectivity index (χ1n) is 13.2. The van der Waals surface area contributed by atoms with Gasteiger partial charge in [-0.25, -0.2) is 4.79 Å². The molecule has 0 saturated carbocycles. The van der Waals surface area contributed by atoms with Gasteiger partial charge in [0.1, 0.15) is 24.4 Å². The molecule has 0 aliphatic carbocycles. The van der Waals surface area contributed by atoms with Crippen LogP contribution in [0.5, 0.6) is 5.75 Å². The number of carbonyl (C=O) groups excluding carboxylic acids is 3. The number of rotatable bonds is 8. The average Bonchev–Trinajstić information content (AvgIpc) is 3.63. The summed E-state index contributed by atoms with van der Waals surface area (Å²) in [6.45, 7) is 0.521. The maximum atomic E-state index is 13.7. The van der Waals surface area contributed by atoms with E-state index in [2.05, 4.69) is 10.6 Å². The molecule has 4 aromatic rings. The number of carbonyl (C=O) groups is 3. The van der Waals surface area contributed by atoms with Crippen molar-refractivity contribution >= 4 is 34.5 Å². The summed E-state index contributed by atoms with van der Waals surface area (Å²) >= 11 is 0. The van der Waals surface area contributed by atoms with Gasteiger partial charge in [-0.1, -0.05) is 48.5 Å². The Morgan fingerprint density at radius 1 is 0.975 bits per heavy atom. The average molecular weight is 541 g/mol. The van der Waals surface area contributed by atoms with Crippen LogP contribution in [0.3, 0.4) is 0 Å². The van der Waals surface area contributed by atoms with Crippen LogP contribution in [-0.4, -0.2) is 47.1 Å². The van der Waals surface area contributed by atoms with Crippen LogP contribution in [-0.2, 0) is 28.0 Å². The van der Waals surface area contributed by atoms with Gasteiger partial charge in [0.15, 0.2) is 0 Å². The molecule has 3 aromatic carbocycles. The lowest BCUT2D eigenvalue weighted by Gasteiger charge is -2.26. The molecule has 40 heavy (non-hydrogen) atoms. The molecule has 1 aliphatic heterocycles. The number of benzene rings is 3. The number of amides is 3. The fourth-order valence-corrected chi connectivity index (χ4v) is 5.01. The third-order valence-corrected chi connectivity index (χ3v) is 7.18. The third-order valence-electron chi connectivity index (χ3n) is 7.18. The number of ether oxygens (including phenoxy) is 2. The predicted octanol–water partition coefficient (Wildman–Crippen LogP) is 4.78. The maximum Gasteiger partial charge on any atom is 0.410 e. The van der Waals surface area contributed by atoms with Gasteiger partial charge < -0.3 is 24.7 Å². The topological polar surface area (TPSA) is 102 Å². The number of aromatic nitrogens is 1. The summed E-state index contributed by atoms with van der Waals surface area (Å²) in [7, 11) is 3.50. The van der Waals surface area contributed by atoms with Gasteiger partial charge >= 0.3 is 6.09 Å². The zero-order chi connectivity index (χ0) is 28.1. The molecule has 5 rings (SSSR count). The van der Waals surface area contributed by atoms with Gasteiger partial charge in [-0.3, -0.25) is 14.5 Å². The molecule has 0 unspecified atom stereocenters. The van der Waals surface area contributed by atoms with Crippen LogP contribution in [0.25, 0.3) is 10.9 Å². The highest BCUT2D eigenvalue weighted by molar-refractivity contribution is 6.05. The van der Waals surface area contributed by atoms with Gasteiger partial charge in [-0.15, -0.1) is 0 Å². The van der Waals surface area contributed by atoms with Gasteiger partial charge in [-0.2, -0.15) is 0 Å². The van der Waals surface area contributed by atoms with Crippen LogP contribution in [0.2, 0.25) is 0 Å². The van der Waals surface area contributed by atoms with Crippen molar-refractivity contribution in [3.63, 3.8) is 0 Å². The molecular weight excluding hydrogens is 508 g/mol. The van der Waals surface area contributed by atoms with Crippen molar-refractivity contribution in [2.24, 2.45) is 7.05 Å². The first-order chi connectivity index (χ1) is 19.4. The normalized spacial score (nSPS) is 15.4. The van der Waals surface area contributed by atoms with Crippen LogP contribution in [0, 0.1) is 0 Å². The first-order valence-corrected chi connectivity index (χ1v) is 13.2. The molecule has 2 atom stereocenters. The van der Waals surface area contributed by atoms with Crippen LogP contribution in [0.4, 0.5) is 10.5 Å². The highest BCUT2D eigenvalue weighted by Gasteiger charge is 2.37. The molecule has 1 saturated heterocycles. The van der Waals surface area contributed by atoms with Crippen molar-refractivity contribution in [3.8, 4) is 5.75 Å². The number of likely N-dealkylation sites (tertiary alicyclic amines) is 1. The zero-order valence-electron chi connectivity index (χ0n) is 22.5. The Morgan fingerprint density at radius 3 is 2.50 bits per heavy atom. The summed E-state index contributed by atoms with van der Waals surface area (Å²) in [4.78, 5) is 41.5. The van der Waals surface area contributed by atoms with Gasteiger partial charge in [-0.05, 0) is 54.3 Å². The second-order valence-corrected chi connectivity index (χ2v) is 9.76. The Hall–Kier alpha value is -4.79. The first kappa shape index (κ1) is 26.8. The Bertz CT molecular complexity index is 1500. The molecule has 1 fully saturated rings. The van der Waals surface area contributed by atoms with Crippen molar-refractivity contribution in [3.05, 3.63) is 96.2 Å². The molecular formula is C31H32N4O5. The van der Waals surface area contributed by atoms with Crippen LogP contribution in [0.15, 0.2) is 85.1 Å². The number of hydrogen-bond donors (Lipinski definition) is 2. The number of nitrogens with zero attached hydrogens (tertiary/aromatic N) is 2.